The van der Waals surface area contributed by atoms with Gasteiger partial charge in [-0.1, -0.05) is 80.1 Å². The largest absolute Gasteiger partial charge is 0.292 e. The molecule has 0 amide bonds. The molecule has 0 saturated carbocycles. The van der Waals surface area contributed by atoms with Crippen molar-refractivity contribution in [1.82, 2.24) is 4.90 Å². The highest BCUT2D eigenvalue weighted by atomic mass is 16.2. The lowest BCUT2D eigenvalue weighted by Crippen LogP contribution is -2.60. The molecule has 1 atom stereocenters. The number of Topliss-reactive ketones (excluding diaryl/α,β-unsaturated/α-hetero) is 1. The summed E-state index contributed by atoms with van der Waals surface area (Å²) in [4.78, 5) is 29.1. The van der Waals surface area contributed by atoms with Gasteiger partial charge in [-0.05, 0) is 44.0 Å². The minimum atomic E-state index is -1.12. The van der Waals surface area contributed by atoms with Crippen LogP contribution >= 0.6 is 0 Å². The van der Waals surface area contributed by atoms with Crippen LogP contribution in [0.25, 0.3) is 6.08 Å². The van der Waals surface area contributed by atoms with Crippen molar-refractivity contribution in [1.29, 1.82) is 0 Å². The van der Waals surface area contributed by atoms with Crippen molar-refractivity contribution in [3.8, 4) is 0 Å². The molecule has 27 heavy (non-hydrogen) atoms. The fraction of sp³-hybridized carbons (Fsp3) is 0.333. The maximum absolute atomic E-state index is 13.6. The van der Waals surface area contributed by atoms with E-state index in [2.05, 4.69) is 4.90 Å². The third-order valence-electron chi connectivity index (χ3n) is 5.45. The molecule has 1 fully saturated rings. The second kappa shape index (κ2) is 8.92. The predicted molar refractivity (Wildman–Crippen MR) is 110 cm³/mol. The van der Waals surface area contributed by atoms with Crippen LogP contribution in [-0.4, -0.2) is 35.1 Å². The zero-order valence-corrected chi connectivity index (χ0v) is 15.9. The zero-order valence-electron chi connectivity index (χ0n) is 15.9. The number of hydrogen-bond acceptors (Lipinski definition) is 3. The summed E-state index contributed by atoms with van der Waals surface area (Å²) in [6.45, 7) is 3.53. The highest BCUT2D eigenvalue weighted by molar-refractivity contribution is 6.22. The van der Waals surface area contributed by atoms with Crippen molar-refractivity contribution >= 4 is 17.6 Å². The summed E-state index contributed by atoms with van der Waals surface area (Å²) in [6, 6.07) is 19.0. The maximum atomic E-state index is 13.6. The van der Waals surface area contributed by atoms with Crippen LogP contribution in [0.5, 0.6) is 0 Å². The molecular formula is C24H27NO2. The van der Waals surface area contributed by atoms with Gasteiger partial charge in [0.15, 0.2) is 11.6 Å². The smallest absolute Gasteiger partial charge is 0.191 e. The van der Waals surface area contributed by atoms with Gasteiger partial charge in [0.25, 0.3) is 0 Å². The Labute approximate surface area is 161 Å². The average Bonchev–Trinajstić information content (AvgIpc) is 2.75. The fourth-order valence-electron chi connectivity index (χ4n) is 3.95. The van der Waals surface area contributed by atoms with E-state index in [1.807, 2.05) is 73.7 Å². The highest BCUT2D eigenvalue weighted by Gasteiger charge is 2.48. The van der Waals surface area contributed by atoms with Crippen LogP contribution in [0.1, 0.15) is 48.5 Å². The lowest BCUT2D eigenvalue weighted by Gasteiger charge is -2.42. The summed E-state index contributed by atoms with van der Waals surface area (Å²) in [6.07, 6.45) is 7.09. The molecule has 140 valence electrons. The van der Waals surface area contributed by atoms with E-state index in [1.165, 1.54) is 0 Å². The second-order valence-electron chi connectivity index (χ2n) is 7.06. The molecule has 0 aromatic heterocycles. The molecule has 0 N–H and O–H groups in total. The molecular weight excluding hydrogens is 334 g/mol. The van der Waals surface area contributed by atoms with Crippen LogP contribution in [0.2, 0.25) is 0 Å². The molecule has 0 radical (unpaired) electrons. The summed E-state index contributed by atoms with van der Waals surface area (Å²) < 4.78 is 0. The number of nitrogens with zero attached hydrogens (tertiary/aromatic N) is 1. The van der Waals surface area contributed by atoms with E-state index in [-0.39, 0.29) is 11.6 Å². The number of carbonyl (C=O) groups is 2. The molecule has 1 unspecified atom stereocenters. The van der Waals surface area contributed by atoms with Gasteiger partial charge in [-0.25, -0.2) is 0 Å². The Kier molecular flexibility index (Phi) is 6.36. The number of piperidine rings is 1. The van der Waals surface area contributed by atoms with E-state index in [0.717, 1.165) is 37.9 Å². The Balaban J connectivity index is 1.99. The predicted octanol–water partition coefficient (Wildman–Crippen LogP) is 4.79. The number of likely N-dealkylation sites (tertiary alicyclic amines) is 1. The van der Waals surface area contributed by atoms with Gasteiger partial charge in [0.05, 0.1) is 0 Å². The summed E-state index contributed by atoms with van der Waals surface area (Å²) in [5, 5.41) is 0. The lowest BCUT2D eigenvalue weighted by molar-refractivity contribution is -0.124. The molecule has 3 nitrogen and oxygen atoms in total. The third-order valence-corrected chi connectivity index (χ3v) is 5.45. The molecule has 3 rings (SSSR count). The summed E-state index contributed by atoms with van der Waals surface area (Å²) in [7, 11) is 0. The fourth-order valence-corrected chi connectivity index (χ4v) is 3.95. The first-order chi connectivity index (χ1) is 13.2. The van der Waals surface area contributed by atoms with Gasteiger partial charge in [0.1, 0.15) is 5.54 Å². The quantitative estimate of drug-likeness (QED) is 0.404. The van der Waals surface area contributed by atoms with Gasteiger partial charge in [0, 0.05) is 5.56 Å². The van der Waals surface area contributed by atoms with Crippen molar-refractivity contribution in [2.24, 2.45) is 0 Å². The van der Waals surface area contributed by atoms with Crippen LogP contribution in [0.3, 0.4) is 0 Å². The Morgan fingerprint density at radius 2 is 1.52 bits per heavy atom. The molecule has 1 heterocycles. The van der Waals surface area contributed by atoms with Gasteiger partial charge >= 0.3 is 0 Å². The first-order valence-corrected chi connectivity index (χ1v) is 9.81. The molecule has 1 aliphatic heterocycles. The lowest BCUT2D eigenvalue weighted by atomic mass is 9.79. The average molecular weight is 361 g/mol. The molecule has 3 heteroatoms. The van der Waals surface area contributed by atoms with Crippen LogP contribution in [0.15, 0.2) is 66.7 Å². The highest BCUT2D eigenvalue weighted by Crippen LogP contribution is 2.30. The standard InChI is InChI=1S/C24H27NO2/c1-2-24(25-18-10-5-11-19-25,23(27)21-14-8-4-9-15-21)22(26)17-16-20-12-6-3-7-13-20/h3-4,6-9,12-17H,2,5,10-11,18-19H2,1H3. The molecule has 2 aromatic carbocycles. The third kappa shape index (κ3) is 4.09. The SMILES string of the molecule is CCC(C(=O)C=Cc1ccccc1)(C(=O)c1ccccc1)N1CCCCC1. The summed E-state index contributed by atoms with van der Waals surface area (Å²) in [5.41, 5.74) is 0.445. The molecule has 0 bridgehead atoms. The van der Waals surface area contributed by atoms with E-state index in [4.69, 9.17) is 0 Å². The first kappa shape index (κ1) is 19.2. The van der Waals surface area contributed by atoms with E-state index in [0.29, 0.717) is 12.0 Å². The molecule has 2 aromatic rings. The van der Waals surface area contributed by atoms with Gasteiger partial charge in [-0.3, -0.25) is 14.5 Å². The normalized spacial score (nSPS) is 17.5. The number of rotatable bonds is 7. The first-order valence-electron chi connectivity index (χ1n) is 9.81. The van der Waals surface area contributed by atoms with Crippen molar-refractivity contribution in [3.63, 3.8) is 0 Å². The maximum Gasteiger partial charge on any atom is 0.191 e. The summed E-state index contributed by atoms with van der Waals surface area (Å²) >= 11 is 0. The Morgan fingerprint density at radius 1 is 0.926 bits per heavy atom. The van der Waals surface area contributed by atoms with E-state index in [1.54, 1.807) is 6.08 Å². The van der Waals surface area contributed by atoms with Gasteiger partial charge in [0.2, 0.25) is 0 Å². The van der Waals surface area contributed by atoms with E-state index >= 15 is 0 Å². The number of carbonyl (C=O) groups excluding carboxylic acids is 2. The topological polar surface area (TPSA) is 37.4 Å². The summed E-state index contributed by atoms with van der Waals surface area (Å²) in [5.74, 6) is -0.209. The Hall–Kier alpha value is -2.52. The van der Waals surface area contributed by atoms with Crippen molar-refractivity contribution < 1.29 is 9.59 Å². The van der Waals surface area contributed by atoms with Crippen LogP contribution < -0.4 is 0 Å². The minimum Gasteiger partial charge on any atom is -0.292 e. The van der Waals surface area contributed by atoms with Crippen LogP contribution in [0, 0.1) is 0 Å². The Bertz CT molecular complexity index is 792. The van der Waals surface area contributed by atoms with Crippen molar-refractivity contribution in [2.45, 2.75) is 38.1 Å². The minimum absolute atomic E-state index is 0.0878. The monoisotopic (exact) mass is 361 g/mol. The van der Waals surface area contributed by atoms with E-state index < -0.39 is 5.54 Å². The molecule has 0 spiro atoms. The zero-order chi connectivity index (χ0) is 19.1. The van der Waals surface area contributed by atoms with E-state index in [9.17, 15) is 9.59 Å². The number of ketones is 2. The number of hydrogen-bond donors (Lipinski definition) is 0. The second-order valence-corrected chi connectivity index (χ2v) is 7.06. The molecule has 0 aliphatic carbocycles. The van der Waals surface area contributed by atoms with Crippen molar-refractivity contribution in [3.05, 3.63) is 77.9 Å². The van der Waals surface area contributed by atoms with Gasteiger partial charge < -0.3 is 0 Å². The molecule has 1 aliphatic rings. The van der Waals surface area contributed by atoms with Crippen LogP contribution in [0.4, 0.5) is 0 Å². The van der Waals surface area contributed by atoms with Gasteiger partial charge in [-0.15, -0.1) is 0 Å². The van der Waals surface area contributed by atoms with Gasteiger partial charge in [-0.2, -0.15) is 0 Å². The Morgan fingerprint density at radius 3 is 2.11 bits per heavy atom. The van der Waals surface area contributed by atoms with Crippen molar-refractivity contribution in [2.75, 3.05) is 13.1 Å². The number of benzene rings is 2. The van der Waals surface area contributed by atoms with Crippen LogP contribution in [-0.2, 0) is 4.79 Å². The molecule has 1 saturated heterocycles.